The summed E-state index contributed by atoms with van der Waals surface area (Å²) in [6, 6.07) is 3.74. The van der Waals surface area contributed by atoms with Crippen molar-refractivity contribution in [2.24, 2.45) is 0 Å². The number of ketones is 1. The average Bonchev–Trinajstić information content (AvgIpc) is 2.18. The Morgan fingerprint density at radius 1 is 1.24 bits per heavy atom. The number of aliphatic hydroxyl groups is 1. The number of aromatic hydroxyl groups is 2. The summed E-state index contributed by atoms with van der Waals surface area (Å²) in [5.74, 6) is -1.12. The Kier molecular flexibility index (Phi) is 3.75. The molecule has 0 aliphatic heterocycles. The number of hydrogen-bond donors (Lipinski definition) is 3. The summed E-state index contributed by atoms with van der Waals surface area (Å²) in [5, 5.41) is 28.2. The maximum absolute atomic E-state index is 11.8. The molecule has 1 unspecified atom stereocenters. The second-order valence-electron chi connectivity index (χ2n) is 5.06. The van der Waals surface area contributed by atoms with Gasteiger partial charge < -0.3 is 19.8 Å². The molecule has 0 amide bonds. The smallest absolute Gasteiger partial charge is 0.197 e. The van der Waals surface area contributed by atoms with Crippen molar-refractivity contribution in [2.45, 2.75) is 6.10 Å². The number of benzene rings is 1. The highest BCUT2D eigenvalue weighted by Gasteiger charge is 2.24. The van der Waals surface area contributed by atoms with Crippen LogP contribution in [0, 0.1) is 0 Å². The number of Topliss-reactive ketones (excluding diaryl/α,β-unsaturated/α-hetero) is 1. The Hall–Kier alpha value is -1.59. The van der Waals surface area contributed by atoms with E-state index < -0.39 is 11.9 Å². The minimum atomic E-state index is -1.13. The maximum Gasteiger partial charge on any atom is 0.197 e. The summed E-state index contributed by atoms with van der Waals surface area (Å²) in [6.45, 7) is 0.278. The second-order valence-corrected chi connectivity index (χ2v) is 5.06. The van der Waals surface area contributed by atoms with E-state index in [0.717, 1.165) is 6.07 Å². The van der Waals surface area contributed by atoms with Crippen LogP contribution in [0.4, 0.5) is 0 Å². The number of aliphatic hydroxyl groups excluding tert-OH is 1. The number of phenols is 2. The number of carbonyl (C=O) groups excluding carboxylic acids is 1. The number of likely N-dealkylation sites (N-methyl/N-ethyl adjacent to an activating group) is 1. The first-order valence-electron chi connectivity index (χ1n) is 5.25. The topological polar surface area (TPSA) is 77.8 Å². The van der Waals surface area contributed by atoms with E-state index >= 15 is 0 Å². The van der Waals surface area contributed by atoms with Crippen molar-refractivity contribution in [2.75, 3.05) is 27.7 Å². The van der Waals surface area contributed by atoms with Gasteiger partial charge in [0.05, 0.1) is 21.1 Å². The molecule has 0 aliphatic rings. The second kappa shape index (κ2) is 4.73. The van der Waals surface area contributed by atoms with Gasteiger partial charge in [-0.1, -0.05) is 0 Å². The number of phenolic OH excluding ortho intramolecular Hbond substituents is 2. The van der Waals surface area contributed by atoms with Gasteiger partial charge in [-0.05, 0) is 18.2 Å². The molecule has 5 nitrogen and oxygen atoms in total. The molecule has 0 radical (unpaired) electrons. The minimum Gasteiger partial charge on any atom is -0.504 e. The third kappa shape index (κ3) is 3.72. The Bertz CT molecular complexity index is 423. The summed E-state index contributed by atoms with van der Waals surface area (Å²) in [4.78, 5) is 11.8. The van der Waals surface area contributed by atoms with Crippen molar-refractivity contribution in [3.63, 3.8) is 0 Å². The van der Waals surface area contributed by atoms with Crippen LogP contribution in [0.25, 0.3) is 0 Å². The monoisotopic (exact) mass is 240 g/mol. The van der Waals surface area contributed by atoms with Crippen LogP contribution in [0.2, 0.25) is 0 Å². The highest BCUT2D eigenvalue weighted by Crippen LogP contribution is 2.25. The zero-order valence-electron chi connectivity index (χ0n) is 10.2. The van der Waals surface area contributed by atoms with Crippen LogP contribution in [0.1, 0.15) is 10.4 Å². The first-order chi connectivity index (χ1) is 7.70. The summed E-state index contributed by atoms with van der Waals surface area (Å²) >= 11 is 0. The number of carbonyl (C=O) groups is 1. The van der Waals surface area contributed by atoms with E-state index in [1.54, 1.807) is 0 Å². The summed E-state index contributed by atoms with van der Waals surface area (Å²) in [6.07, 6.45) is -1.13. The fraction of sp³-hybridized carbons (Fsp3) is 0.417. The van der Waals surface area contributed by atoms with Crippen LogP contribution in [-0.2, 0) is 0 Å². The van der Waals surface area contributed by atoms with E-state index in [4.69, 9.17) is 5.11 Å². The van der Waals surface area contributed by atoms with Crippen molar-refractivity contribution < 1.29 is 24.6 Å². The Balaban J connectivity index is 2.85. The molecule has 0 spiro atoms. The summed E-state index contributed by atoms with van der Waals surface area (Å²) < 4.78 is 0.455. The SMILES string of the molecule is C[N+](C)(C)CC(O)C(=O)c1ccc(O)c(O)c1. The van der Waals surface area contributed by atoms with Crippen LogP contribution < -0.4 is 0 Å². The minimum absolute atomic E-state index is 0.182. The van der Waals surface area contributed by atoms with Crippen LogP contribution >= 0.6 is 0 Å². The molecule has 1 atom stereocenters. The van der Waals surface area contributed by atoms with E-state index in [0.29, 0.717) is 4.48 Å². The zero-order valence-corrected chi connectivity index (χ0v) is 10.2. The van der Waals surface area contributed by atoms with E-state index in [1.807, 2.05) is 21.1 Å². The maximum atomic E-state index is 11.8. The first kappa shape index (κ1) is 13.5. The molecule has 0 aliphatic carbocycles. The van der Waals surface area contributed by atoms with Crippen LogP contribution in [0.5, 0.6) is 11.5 Å². The molecular weight excluding hydrogens is 222 g/mol. The van der Waals surface area contributed by atoms with Crippen molar-refractivity contribution in [1.82, 2.24) is 0 Å². The lowest BCUT2D eigenvalue weighted by atomic mass is 10.0. The first-order valence-corrected chi connectivity index (χ1v) is 5.25. The summed E-state index contributed by atoms with van der Waals surface area (Å²) in [5.41, 5.74) is 0.182. The van der Waals surface area contributed by atoms with E-state index in [-0.39, 0.29) is 23.6 Å². The number of quaternary nitrogens is 1. The van der Waals surface area contributed by atoms with Crippen LogP contribution in [0.15, 0.2) is 18.2 Å². The molecule has 1 aromatic carbocycles. The van der Waals surface area contributed by atoms with Gasteiger partial charge in [0.2, 0.25) is 0 Å². The van der Waals surface area contributed by atoms with E-state index in [2.05, 4.69) is 0 Å². The Morgan fingerprint density at radius 3 is 2.29 bits per heavy atom. The Morgan fingerprint density at radius 2 is 1.82 bits per heavy atom. The lowest BCUT2D eigenvalue weighted by molar-refractivity contribution is -0.872. The normalized spacial score (nSPS) is 13.4. The average molecular weight is 240 g/mol. The lowest BCUT2D eigenvalue weighted by Gasteiger charge is -2.26. The van der Waals surface area contributed by atoms with Gasteiger partial charge in [0.25, 0.3) is 0 Å². The van der Waals surface area contributed by atoms with Gasteiger partial charge in [-0.2, -0.15) is 0 Å². The van der Waals surface area contributed by atoms with Crippen molar-refractivity contribution in [3.05, 3.63) is 23.8 Å². The molecule has 0 saturated heterocycles. The van der Waals surface area contributed by atoms with Gasteiger partial charge >= 0.3 is 0 Å². The van der Waals surface area contributed by atoms with Crippen LogP contribution in [0.3, 0.4) is 0 Å². The van der Waals surface area contributed by atoms with Gasteiger partial charge in [-0.15, -0.1) is 0 Å². The third-order valence-electron chi connectivity index (χ3n) is 2.28. The molecule has 0 aromatic heterocycles. The lowest BCUT2D eigenvalue weighted by Crippen LogP contribution is -2.44. The molecule has 5 heteroatoms. The molecule has 94 valence electrons. The largest absolute Gasteiger partial charge is 0.504 e. The van der Waals surface area contributed by atoms with Gasteiger partial charge in [0, 0.05) is 5.56 Å². The van der Waals surface area contributed by atoms with Crippen molar-refractivity contribution >= 4 is 5.78 Å². The van der Waals surface area contributed by atoms with Gasteiger partial charge in [0.1, 0.15) is 6.54 Å². The van der Waals surface area contributed by atoms with Gasteiger partial charge in [0.15, 0.2) is 23.4 Å². The molecule has 0 bridgehead atoms. The van der Waals surface area contributed by atoms with Gasteiger partial charge in [-0.3, -0.25) is 4.79 Å². The van der Waals surface area contributed by atoms with Crippen molar-refractivity contribution in [3.8, 4) is 11.5 Å². The fourth-order valence-electron chi connectivity index (χ4n) is 1.47. The molecule has 3 N–H and O–H groups in total. The highest BCUT2D eigenvalue weighted by molar-refractivity contribution is 5.99. The summed E-state index contributed by atoms with van der Waals surface area (Å²) in [7, 11) is 5.60. The molecule has 0 heterocycles. The fourth-order valence-corrected chi connectivity index (χ4v) is 1.47. The van der Waals surface area contributed by atoms with Crippen molar-refractivity contribution in [1.29, 1.82) is 0 Å². The number of nitrogens with zero attached hydrogens (tertiary/aromatic N) is 1. The van der Waals surface area contributed by atoms with Gasteiger partial charge in [-0.25, -0.2) is 0 Å². The molecular formula is C12H18NO4+. The predicted molar refractivity (Wildman–Crippen MR) is 63.0 cm³/mol. The highest BCUT2D eigenvalue weighted by atomic mass is 16.3. The quantitative estimate of drug-likeness (QED) is 0.403. The molecule has 1 rings (SSSR count). The Labute approximate surface area is 100 Å². The number of rotatable bonds is 4. The predicted octanol–water partition coefficient (Wildman–Crippen LogP) is 0.348. The molecule has 0 fully saturated rings. The van der Waals surface area contributed by atoms with Crippen LogP contribution in [-0.4, -0.2) is 59.4 Å². The van der Waals surface area contributed by atoms with E-state index in [9.17, 15) is 15.0 Å². The molecule has 17 heavy (non-hydrogen) atoms. The molecule has 0 saturated carbocycles. The standard InChI is InChI=1S/C12H17NO4/c1-13(2,3)7-11(16)12(17)8-4-5-9(14)10(15)6-8/h4-6,11,16H,7H2,1-3H3,(H-,14,15,17)/p+1. The zero-order chi connectivity index (χ0) is 13.2. The van der Waals surface area contributed by atoms with E-state index in [1.165, 1.54) is 12.1 Å². The third-order valence-corrected chi connectivity index (χ3v) is 2.28. The molecule has 1 aromatic rings. The number of hydrogen-bond acceptors (Lipinski definition) is 4.